The molecule has 18 heavy (non-hydrogen) atoms. The highest BCUT2D eigenvalue weighted by molar-refractivity contribution is 9.10. The summed E-state index contributed by atoms with van der Waals surface area (Å²) in [4.78, 5) is 0. The largest absolute Gasteiger partial charge is 0.307 e. The van der Waals surface area contributed by atoms with Crippen molar-refractivity contribution in [3.8, 4) is 0 Å². The normalized spacial score (nSPS) is 21.7. The van der Waals surface area contributed by atoms with E-state index in [1.54, 1.807) is 0 Å². The monoisotopic (exact) mass is 331 g/mol. The molecular formula is C13H18BrNO2S. The molecule has 0 amide bonds. The lowest BCUT2D eigenvalue weighted by Crippen LogP contribution is -2.38. The van der Waals surface area contributed by atoms with Gasteiger partial charge in [0, 0.05) is 16.6 Å². The Labute approximate surface area is 117 Å². The van der Waals surface area contributed by atoms with Crippen molar-refractivity contribution in [3.05, 3.63) is 34.3 Å². The molecule has 1 saturated heterocycles. The van der Waals surface area contributed by atoms with Crippen LogP contribution in [-0.2, 0) is 9.84 Å². The molecule has 1 aliphatic rings. The molecule has 0 unspecified atom stereocenters. The average molecular weight is 332 g/mol. The van der Waals surface area contributed by atoms with Gasteiger partial charge in [0.15, 0.2) is 0 Å². The van der Waals surface area contributed by atoms with E-state index in [0.29, 0.717) is 17.5 Å². The van der Waals surface area contributed by atoms with Crippen LogP contribution in [0.4, 0.5) is 0 Å². The lowest BCUT2D eigenvalue weighted by atomic mass is 10.1. The van der Waals surface area contributed by atoms with Crippen LogP contribution in [0.1, 0.15) is 31.4 Å². The van der Waals surface area contributed by atoms with E-state index in [9.17, 15) is 8.42 Å². The molecule has 0 spiro atoms. The van der Waals surface area contributed by atoms with Crippen LogP contribution in [0.25, 0.3) is 0 Å². The molecule has 5 heteroatoms. The standard InChI is InChI=1S/C13H18BrNO2S/c1-10(12-4-2-3-5-13(12)14)15-11-6-8-18(16,17)9-7-11/h2-5,10-11,15H,6-9H2,1H3/t10-/m1/s1. The van der Waals surface area contributed by atoms with Crippen molar-refractivity contribution < 1.29 is 8.42 Å². The summed E-state index contributed by atoms with van der Waals surface area (Å²) in [5.41, 5.74) is 1.21. The fraction of sp³-hybridized carbons (Fsp3) is 0.538. The lowest BCUT2D eigenvalue weighted by Gasteiger charge is -2.27. The minimum Gasteiger partial charge on any atom is -0.307 e. The molecule has 1 aliphatic heterocycles. The molecule has 0 radical (unpaired) electrons. The molecule has 1 heterocycles. The molecule has 0 aromatic heterocycles. The Morgan fingerprint density at radius 2 is 1.89 bits per heavy atom. The number of benzene rings is 1. The average Bonchev–Trinajstić information content (AvgIpc) is 2.32. The van der Waals surface area contributed by atoms with Gasteiger partial charge in [-0.2, -0.15) is 0 Å². The zero-order valence-corrected chi connectivity index (χ0v) is 12.8. The van der Waals surface area contributed by atoms with Crippen LogP contribution in [0.15, 0.2) is 28.7 Å². The highest BCUT2D eigenvalue weighted by atomic mass is 79.9. The highest BCUT2D eigenvalue weighted by Crippen LogP contribution is 2.24. The Balaban J connectivity index is 1.97. The molecular weight excluding hydrogens is 314 g/mol. The topological polar surface area (TPSA) is 46.2 Å². The van der Waals surface area contributed by atoms with Gasteiger partial charge in [0.2, 0.25) is 0 Å². The Hall–Kier alpha value is -0.390. The predicted molar refractivity (Wildman–Crippen MR) is 77.4 cm³/mol. The van der Waals surface area contributed by atoms with E-state index in [-0.39, 0.29) is 6.04 Å². The van der Waals surface area contributed by atoms with Gasteiger partial charge >= 0.3 is 0 Å². The zero-order chi connectivity index (χ0) is 13.2. The molecule has 0 bridgehead atoms. The van der Waals surface area contributed by atoms with Crippen LogP contribution in [0.3, 0.4) is 0 Å². The van der Waals surface area contributed by atoms with Crippen molar-refractivity contribution in [1.82, 2.24) is 5.32 Å². The molecule has 1 aromatic rings. The second-order valence-electron chi connectivity index (χ2n) is 4.84. The first-order chi connectivity index (χ1) is 8.48. The van der Waals surface area contributed by atoms with E-state index >= 15 is 0 Å². The van der Waals surface area contributed by atoms with E-state index in [4.69, 9.17) is 0 Å². The number of halogens is 1. The van der Waals surface area contributed by atoms with E-state index in [0.717, 1.165) is 17.3 Å². The Morgan fingerprint density at radius 3 is 2.50 bits per heavy atom. The summed E-state index contributed by atoms with van der Waals surface area (Å²) >= 11 is 3.54. The van der Waals surface area contributed by atoms with Crippen LogP contribution in [0, 0.1) is 0 Å². The first-order valence-corrected chi connectivity index (χ1v) is 8.80. The zero-order valence-electron chi connectivity index (χ0n) is 10.4. The van der Waals surface area contributed by atoms with Crippen molar-refractivity contribution in [2.75, 3.05) is 11.5 Å². The highest BCUT2D eigenvalue weighted by Gasteiger charge is 2.24. The minimum absolute atomic E-state index is 0.228. The fourth-order valence-electron chi connectivity index (χ4n) is 2.33. The molecule has 1 atom stereocenters. The lowest BCUT2D eigenvalue weighted by molar-refractivity contribution is 0.419. The van der Waals surface area contributed by atoms with Gasteiger partial charge in [-0.15, -0.1) is 0 Å². The molecule has 3 nitrogen and oxygen atoms in total. The van der Waals surface area contributed by atoms with Crippen molar-refractivity contribution in [2.24, 2.45) is 0 Å². The summed E-state index contributed by atoms with van der Waals surface area (Å²) in [5, 5.41) is 3.52. The summed E-state index contributed by atoms with van der Waals surface area (Å²) in [6.07, 6.45) is 1.44. The van der Waals surface area contributed by atoms with E-state index in [1.165, 1.54) is 5.56 Å². The van der Waals surface area contributed by atoms with Crippen LogP contribution in [-0.4, -0.2) is 26.0 Å². The SMILES string of the molecule is C[C@@H](NC1CCS(=O)(=O)CC1)c1ccccc1Br. The molecule has 0 aliphatic carbocycles. The molecule has 0 saturated carbocycles. The number of sulfone groups is 1. The number of hydrogen-bond acceptors (Lipinski definition) is 3. The maximum absolute atomic E-state index is 11.4. The summed E-state index contributed by atoms with van der Waals surface area (Å²) in [7, 11) is -2.77. The molecule has 1 N–H and O–H groups in total. The van der Waals surface area contributed by atoms with E-state index < -0.39 is 9.84 Å². The van der Waals surface area contributed by atoms with Crippen LogP contribution in [0.2, 0.25) is 0 Å². The van der Waals surface area contributed by atoms with Gasteiger partial charge in [-0.05, 0) is 31.4 Å². The van der Waals surface area contributed by atoms with Crippen LogP contribution < -0.4 is 5.32 Å². The first kappa shape index (κ1) is 14.0. The summed E-state index contributed by atoms with van der Waals surface area (Å²) < 4.78 is 23.8. The van der Waals surface area contributed by atoms with Gasteiger partial charge in [-0.25, -0.2) is 8.42 Å². The van der Waals surface area contributed by atoms with Crippen LogP contribution in [0.5, 0.6) is 0 Å². The third-order valence-corrected chi connectivity index (χ3v) is 5.85. The Bertz CT molecular complexity index is 501. The van der Waals surface area contributed by atoms with E-state index in [1.807, 2.05) is 18.2 Å². The van der Waals surface area contributed by atoms with Gasteiger partial charge in [-0.1, -0.05) is 34.1 Å². The van der Waals surface area contributed by atoms with Crippen LogP contribution >= 0.6 is 15.9 Å². The smallest absolute Gasteiger partial charge is 0.150 e. The minimum atomic E-state index is -2.77. The third kappa shape index (κ3) is 3.56. The Kier molecular flexibility index (Phi) is 4.45. The van der Waals surface area contributed by atoms with Crippen molar-refractivity contribution in [2.45, 2.75) is 31.8 Å². The molecule has 1 fully saturated rings. The molecule has 100 valence electrons. The second-order valence-corrected chi connectivity index (χ2v) is 7.99. The predicted octanol–water partition coefficient (Wildman–Crippen LogP) is 2.68. The van der Waals surface area contributed by atoms with Gasteiger partial charge in [-0.3, -0.25) is 0 Å². The van der Waals surface area contributed by atoms with E-state index in [2.05, 4.69) is 34.2 Å². The summed E-state index contributed by atoms with van der Waals surface area (Å²) in [6.45, 7) is 2.11. The van der Waals surface area contributed by atoms with Gasteiger partial charge in [0.1, 0.15) is 9.84 Å². The number of hydrogen-bond donors (Lipinski definition) is 1. The summed E-state index contributed by atoms with van der Waals surface area (Å²) in [6, 6.07) is 8.65. The number of nitrogens with one attached hydrogen (secondary N) is 1. The molecule has 2 rings (SSSR count). The third-order valence-electron chi connectivity index (χ3n) is 3.41. The molecule has 1 aromatic carbocycles. The summed E-state index contributed by atoms with van der Waals surface area (Å²) in [5.74, 6) is 0.626. The van der Waals surface area contributed by atoms with Crippen molar-refractivity contribution in [1.29, 1.82) is 0 Å². The van der Waals surface area contributed by atoms with Crippen molar-refractivity contribution in [3.63, 3.8) is 0 Å². The van der Waals surface area contributed by atoms with Gasteiger partial charge in [0.25, 0.3) is 0 Å². The quantitative estimate of drug-likeness (QED) is 0.926. The second kappa shape index (κ2) is 5.72. The van der Waals surface area contributed by atoms with Gasteiger partial charge in [0.05, 0.1) is 11.5 Å². The van der Waals surface area contributed by atoms with Gasteiger partial charge < -0.3 is 5.32 Å². The van der Waals surface area contributed by atoms with Crippen molar-refractivity contribution >= 4 is 25.8 Å². The Morgan fingerprint density at radius 1 is 1.28 bits per heavy atom. The maximum Gasteiger partial charge on any atom is 0.150 e. The fourth-order valence-corrected chi connectivity index (χ4v) is 4.45. The number of rotatable bonds is 3. The first-order valence-electron chi connectivity index (χ1n) is 6.19. The maximum atomic E-state index is 11.4.